The summed E-state index contributed by atoms with van der Waals surface area (Å²) in [5, 5.41) is 7.06. The molecule has 4 rings (SSSR count). The fourth-order valence-electron chi connectivity index (χ4n) is 3.88. The van der Waals surface area contributed by atoms with Crippen LogP contribution in [-0.4, -0.2) is 38.7 Å². The summed E-state index contributed by atoms with van der Waals surface area (Å²) in [5.41, 5.74) is 1.83. The van der Waals surface area contributed by atoms with Crippen molar-refractivity contribution in [2.75, 3.05) is 13.1 Å². The first kappa shape index (κ1) is 20.3. The van der Waals surface area contributed by atoms with Gasteiger partial charge < -0.3 is 4.90 Å². The zero-order chi connectivity index (χ0) is 21.3. The van der Waals surface area contributed by atoms with Gasteiger partial charge in [-0.05, 0) is 44.0 Å². The van der Waals surface area contributed by atoms with Crippen molar-refractivity contribution in [2.45, 2.75) is 32.1 Å². The Kier molecular flexibility index (Phi) is 5.72. The van der Waals surface area contributed by atoms with Crippen LogP contribution in [-0.2, 0) is 11.2 Å². The molecule has 3 aromatic rings. The van der Waals surface area contributed by atoms with E-state index in [-0.39, 0.29) is 34.5 Å². The quantitative estimate of drug-likeness (QED) is 0.690. The Morgan fingerprint density at radius 1 is 1.20 bits per heavy atom. The number of hydrogen-bond acceptors (Lipinski definition) is 3. The Morgan fingerprint density at radius 2 is 1.90 bits per heavy atom. The Morgan fingerprint density at radius 3 is 2.57 bits per heavy atom. The van der Waals surface area contributed by atoms with Crippen LogP contribution in [0.15, 0.2) is 47.3 Å². The fourth-order valence-corrected chi connectivity index (χ4v) is 4.11. The normalized spacial score (nSPS) is 14.8. The molecule has 156 valence electrons. The molecule has 0 saturated carbocycles. The van der Waals surface area contributed by atoms with E-state index in [0.29, 0.717) is 31.8 Å². The lowest BCUT2D eigenvalue weighted by atomic mass is 9.95. The van der Waals surface area contributed by atoms with E-state index in [1.165, 1.54) is 12.1 Å². The topological polar surface area (TPSA) is 71.0 Å². The van der Waals surface area contributed by atoms with Crippen molar-refractivity contribution in [2.24, 2.45) is 0 Å². The van der Waals surface area contributed by atoms with Gasteiger partial charge in [0.05, 0.1) is 12.1 Å². The van der Waals surface area contributed by atoms with E-state index in [1.54, 1.807) is 15.5 Å². The molecule has 0 bridgehead atoms. The monoisotopic (exact) mass is 428 g/mol. The average molecular weight is 429 g/mol. The molecule has 1 N–H and O–H groups in total. The maximum absolute atomic E-state index is 14.0. The van der Waals surface area contributed by atoms with E-state index < -0.39 is 5.82 Å². The van der Waals surface area contributed by atoms with Crippen LogP contribution >= 0.6 is 11.6 Å². The molecule has 30 heavy (non-hydrogen) atoms. The minimum absolute atomic E-state index is 0.0475. The number of nitrogens with zero attached hydrogens (tertiary/aromatic N) is 3. The largest absolute Gasteiger partial charge is 0.347 e. The summed E-state index contributed by atoms with van der Waals surface area (Å²) >= 11 is 6.05. The van der Waals surface area contributed by atoms with Crippen LogP contribution in [0.5, 0.6) is 0 Å². The summed E-state index contributed by atoms with van der Waals surface area (Å²) in [6.45, 7) is 3.03. The van der Waals surface area contributed by atoms with Crippen molar-refractivity contribution < 1.29 is 9.18 Å². The van der Waals surface area contributed by atoms with Crippen molar-refractivity contribution in [3.8, 4) is 5.69 Å². The Bertz CT molecular complexity index is 1090. The first-order valence-electron chi connectivity index (χ1n) is 9.89. The summed E-state index contributed by atoms with van der Waals surface area (Å²) in [6, 6.07) is 12.1. The predicted molar refractivity (Wildman–Crippen MR) is 113 cm³/mol. The number of aromatic amines is 1. The summed E-state index contributed by atoms with van der Waals surface area (Å²) in [4.78, 5) is 26.7. The SMILES string of the molecule is Cc1ccc(-n2c(C3CCN(C(=O)Cc4c(F)cccc4Cl)CC3)n[nH]c2=O)cc1. The molecule has 1 saturated heterocycles. The second-order valence-electron chi connectivity index (χ2n) is 7.59. The first-order chi connectivity index (χ1) is 14.4. The van der Waals surface area contributed by atoms with Gasteiger partial charge in [0.15, 0.2) is 0 Å². The number of likely N-dealkylation sites (tertiary alicyclic amines) is 1. The molecule has 0 aliphatic carbocycles. The van der Waals surface area contributed by atoms with Crippen LogP contribution in [0.25, 0.3) is 5.69 Å². The molecule has 0 unspecified atom stereocenters. The molecule has 1 amide bonds. The maximum Gasteiger partial charge on any atom is 0.347 e. The third-order valence-corrected chi connectivity index (χ3v) is 5.95. The van der Waals surface area contributed by atoms with Gasteiger partial charge in [0.1, 0.15) is 11.6 Å². The summed E-state index contributed by atoms with van der Waals surface area (Å²) in [7, 11) is 0. The predicted octanol–water partition coefficient (Wildman–Crippen LogP) is 3.61. The number of benzene rings is 2. The number of piperidine rings is 1. The molecular weight excluding hydrogens is 407 g/mol. The Labute approximate surface area is 178 Å². The Hall–Kier alpha value is -2.93. The molecule has 2 aromatic carbocycles. The van der Waals surface area contributed by atoms with Crippen molar-refractivity contribution in [1.29, 1.82) is 0 Å². The highest BCUT2D eigenvalue weighted by Crippen LogP contribution is 2.28. The summed E-state index contributed by atoms with van der Waals surface area (Å²) in [5.74, 6) is 0.0993. The third kappa shape index (κ3) is 4.03. The number of halogens is 2. The molecule has 8 heteroatoms. The molecule has 6 nitrogen and oxygen atoms in total. The van der Waals surface area contributed by atoms with E-state index in [2.05, 4.69) is 10.2 Å². The number of hydrogen-bond donors (Lipinski definition) is 1. The van der Waals surface area contributed by atoms with E-state index >= 15 is 0 Å². The smallest absolute Gasteiger partial charge is 0.342 e. The molecule has 1 aliphatic heterocycles. The van der Waals surface area contributed by atoms with Gasteiger partial charge >= 0.3 is 5.69 Å². The number of aryl methyl sites for hydroxylation is 1. The van der Waals surface area contributed by atoms with Crippen LogP contribution in [0, 0.1) is 12.7 Å². The van der Waals surface area contributed by atoms with Gasteiger partial charge in [0.25, 0.3) is 0 Å². The van der Waals surface area contributed by atoms with Crippen LogP contribution in [0.4, 0.5) is 4.39 Å². The van der Waals surface area contributed by atoms with E-state index in [9.17, 15) is 14.0 Å². The second-order valence-corrected chi connectivity index (χ2v) is 8.00. The highest BCUT2D eigenvalue weighted by Gasteiger charge is 2.28. The van der Waals surface area contributed by atoms with Gasteiger partial charge in [-0.3, -0.25) is 4.79 Å². The number of amides is 1. The number of nitrogens with one attached hydrogen (secondary N) is 1. The molecule has 1 aliphatic rings. The van der Waals surface area contributed by atoms with Gasteiger partial charge in [-0.25, -0.2) is 18.9 Å². The van der Waals surface area contributed by atoms with Gasteiger partial charge in [0.2, 0.25) is 5.91 Å². The van der Waals surface area contributed by atoms with Crippen molar-refractivity contribution in [3.63, 3.8) is 0 Å². The molecule has 1 aromatic heterocycles. The highest BCUT2D eigenvalue weighted by atomic mass is 35.5. The Balaban J connectivity index is 1.46. The molecule has 0 atom stereocenters. The van der Waals surface area contributed by atoms with Gasteiger partial charge in [-0.2, -0.15) is 5.10 Å². The second kappa shape index (κ2) is 8.44. The molecule has 2 heterocycles. The number of H-pyrrole nitrogens is 1. The molecule has 1 fully saturated rings. The summed E-state index contributed by atoms with van der Waals surface area (Å²) < 4.78 is 15.6. The number of rotatable bonds is 4. The van der Waals surface area contributed by atoms with E-state index in [1.807, 2.05) is 31.2 Å². The van der Waals surface area contributed by atoms with Crippen molar-refractivity contribution >= 4 is 17.5 Å². The molecule has 0 radical (unpaired) electrons. The van der Waals surface area contributed by atoms with Crippen LogP contribution in [0.2, 0.25) is 5.02 Å². The summed E-state index contributed by atoms with van der Waals surface area (Å²) in [6.07, 6.45) is 1.28. The fraction of sp³-hybridized carbons (Fsp3) is 0.318. The number of carbonyl (C=O) groups excluding carboxylic acids is 1. The lowest BCUT2D eigenvalue weighted by molar-refractivity contribution is -0.131. The minimum Gasteiger partial charge on any atom is -0.342 e. The number of carbonyl (C=O) groups is 1. The van der Waals surface area contributed by atoms with Crippen LogP contribution < -0.4 is 5.69 Å². The number of aromatic nitrogens is 3. The van der Waals surface area contributed by atoms with Gasteiger partial charge in [-0.15, -0.1) is 0 Å². The third-order valence-electron chi connectivity index (χ3n) is 5.59. The van der Waals surface area contributed by atoms with Crippen LogP contribution in [0.1, 0.15) is 35.7 Å². The average Bonchev–Trinajstić information content (AvgIpc) is 3.13. The standard InChI is InChI=1S/C22H22ClFN4O2/c1-14-5-7-16(8-6-14)28-21(25-26-22(28)30)15-9-11-27(12-10-15)20(29)13-17-18(23)3-2-4-19(17)24/h2-8,15H,9-13H2,1H3,(H,26,30). The lowest BCUT2D eigenvalue weighted by Gasteiger charge is -2.31. The van der Waals surface area contributed by atoms with Crippen molar-refractivity contribution in [3.05, 3.63) is 80.7 Å². The van der Waals surface area contributed by atoms with Gasteiger partial charge in [-0.1, -0.05) is 35.4 Å². The highest BCUT2D eigenvalue weighted by molar-refractivity contribution is 6.31. The first-order valence-corrected chi connectivity index (χ1v) is 10.3. The lowest BCUT2D eigenvalue weighted by Crippen LogP contribution is -2.39. The zero-order valence-corrected chi connectivity index (χ0v) is 17.3. The van der Waals surface area contributed by atoms with E-state index in [0.717, 1.165) is 11.3 Å². The maximum atomic E-state index is 14.0. The van der Waals surface area contributed by atoms with Crippen LogP contribution in [0.3, 0.4) is 0 Å². The zero-order valence-electron chi connectivity index (χ0n) is 16.6. The van der Waals surface area contributed by atoms with Crippen molar-refractivity contribution in [1.82, 2.24) is 19.7 Å². The minimum atomic E-state index is -0.468. The van der Waals surface area contributed by atoms with E-state index in [4.69, 9.17) is 11.6 Å². The van der Waals surface area contributed by atoms with Gasteiger partial charge in [0, 0.05) is 29.6 Å². The molecule has 0 spiro atoms. The molecular formula is C22H22ClFN4O2.